The predicted molar refractivity (Wildman–Crippen MR) is 82.1 cm³/mol. The molecule has 1 aromatic carbocycles. The molecule has 2 rings (SSSR count). The normalized spacial score (nSPS) is 17.9. The van der Waals surface area contributed by atoms with E-state index in [0.29, 0.717) is 0 Å². The largest absolute Gasteiger partial charge is 0.496 e. The molecule has 0 atom stereocenters. The van der Waals surface area contributed by atoms with Gasteiger partial charge in [-0.1, -0.05) is 11.8 Å². The van der Waals surface area contributed by atoms with Gasteiger partial charge in [-0.05, 0) is 38.0 Å². The van der Waals surface area contributed by atoms with E-state index in [1.165, 1.54) is 0 Å². The summed E-state index contributed by atoms with van der Waals surface area (Å²) in [6, 6.07) is 5.82. The fraction of sp³-hybridized carbons (Fsp3) is 0.529. The highest BCUT2D eigenvalue weighted by Gasteiger charge is 2.27. The van der Waals surface area contributed by atoms with Crippen molar-refractivity contribution in [2.45, 2.75) is 31.9 Å². The van der Waals surface area contributed by atoms with Crippen molar-refractivity contribution in [2.75, 3.05) is 26.8 Å². The summed E-state index contributed by atoms with van der Waals surface area (Å²) in [4.78, 5) is 2.32. The molecule has 0 bridgehead atoms. The molecule has 1 aromatic rings. The van der Waals surface area contributed by atoms with Crippen molar-refractivity contribution in [3.8, 4) is 17.6 Å². The zero-order valence-corrected chi connectivity index (χ0v) is 12.7. The maximum atomic E-state index is 10.0. The topological polar surface area (TPSA) is 52.9 Å². The van der Waals surface area contributed by atoms with Crippen molar-refractivity contribution >= 4 is 0 Å². The number of likely N-dealkylation sites (tertiary alicyclic amines) is 1. The lowest BCUT2D eigenvalue weighted by Gasteiger charge is -2.36. The fourth-order valence-corrected chi connectivity index (χ4v) is 2.56. The number of benzene rings is 1. The molecule has 0 unspecified atom stereocenters. The van der Waals surface area contributed by atoms with Crippen LogP contribution >= 0.6 is 0 Å². The highest BCUT2D eigenvalue weighted by molar-refractivity contribution is 5.44. The van der Waals surface area contributed by atoms with E-state index < -0.39 is 5.60 Å². The molecule has 1 saturated heterocycles. The van der Waals surface area contributed by atoms with Gasteiger partial charge in [-0.3, -0.25) is 4.90 Å². The Bertz CT molecular complexity index is 533. The molecular weight excluding hydrogens is 266 g/mol. The van der Waals surface area contributed by atoms with Gasteiger partial charge >= 0.3 is 0 Å². The summed E-state index contributed by atoms with van der Waals surface area (Å²) in [5.41, 5.74) is 1.43. The van der Waals surface area contributed by atoms with Gasteiger partial charge in [-0.15, -0.1) is 0 Å². The minimum atomic E-state index is -0.533. The molecule has 0 saturated carbocycles. The molecule has 4 nitrogen and oxygen atoms in total. The number of ether oxygens (including phenoxy) is 1. The van der Waals surface area contributed by atoms with Gasteiger partial charge in [-0.25, -0.2) is 0 Å². The Hall–Kier alpha value is -1.54. The van der Waals surface area contributed by atoms with Gasteiger partial charge in [0, 0.05) is 30.8 Å². The fourth-order valence-electron chi connectivity index (χ4n) is 2.56. The number of hydrogen-bond donors (Lipinski definition) is 2. The average Bonchev–Trinajstić information content (AvgIpc) is 2.47. The van der Waals surface area contributed by atoms with Crippen LogP contribution in [0, 0.1) is 11.8 Å². The Labute approximate surface area is 126 Å². The summed E-state index contributed by atoms with van der Waals surface area (Å²) in [6.45, 7) is 4.30. The van der Waals surface area contributed by atoms with Gasteiger partial charge in [-0.2, -0.15) is 0 Å². The van der Waals surface area contributed by atoms with Crippen molar-refractivity contribution < 1.29 is 14.9 Å². The number of nitrogens with zero attached hydrogens (tertiary/aromatic N) is 1. The van der Waals surface area contributed by atoms with Crippen LogP contribution < -0.4 is 4.74 Å². The van der Waals surface area contributed by atoms with E-state index in [9.17, 15) is 5.11 Å². The molecule has 114 valence electrons. The van der Waals surface area contributed by atoms with Crippen molar-refractivity contribution in [1.29, 1.82) is 0 Å². The van der Waals surface area contributed by atoms with Gasteiger partial charge in [0.05, 0.1) is 12.7 Å². The zero-order valence-electron chi connectivity index (χ0n) is 12.7. The summed E-state index contributed by atoms with van der Waals surface area (Å²) in [6.07, 6.45) is 1.58. The van der Waals surface area contributed by atoms with E-state index in [0.717, 1.165) is 49.4 Å². The van der Waals surface area contributed by atoms with E-state index in [4.69, 9.17) is 9.84 Å². The minimum absolute atomic E-state index is 0.136. The third-order valence-electron chi connectivity index (χ3n) is 3.92. The van der Waals surface area contributed by atoms with E-state index in [1.54, 1.807) is 7.11 Å². The smallest absolute Gasteiger partial charge is 0.123 e. The number of aliphatic hydroxyl groups is 2. The highest BCUT2D eigenvalue weighted by atomic mass is 16.5. The second-order valence-electron chi connectivity index (χ2n) is 5.76. The maximum Gasteiger partial charge on any atom is 0.123 e. The maximum absolute atomic E-state index is 10.0. The number of rotatable bonds is 3. The van der Waals surface area contributed by atoms with Crippen LogP contribution in [0.5, 0.6) is 5.75 Å². The van der Waals surface area contributed by atoms with Crippen LogP contribution in [0.4, 0.5) is 0 Å². The summed E-state index contributed by atoms with van der Waals surface area (Å²) >= 11 is 0. The number of hydrogen-bond acceptors (Lipinski definition) is 4. The average molecular weight is 289 g/mol. The Morgan fingerprint density at radius 3 is 2.67 bits per heavy atom. The van der Waals surface area contributed by atoms with Gasteiger partial charge in [0.25, 0.3) is 0 Å². The lowest BCUT2D eigenvalue weighted by molar-refractivity contribution is -0.00742. The lowest BCUT2D eigenvalue weighted by atomic mass is 9.93. The first-order valence-electron chi connectivity index (χ1n) is 7.25. The molecule has 4 heteroatoms. The molecule has 1 aliphatic rings. The van der Waals surface area contributed by atoms with E-state index in [-0.39, 0.29) is 6.61 Å². The van der Waals surface area contributed by atoms with Gasteiger partial charge in [0.2, 0.25) is 0 Å². The first kappa shape index (κ1) is 15.8. The second kappa shape index (κ2) is 6.95. The third-order valence-corrected chi connectivity index (χ3v) is 3.92. The van der Waals surface area contributed by atoms with E-state index in [1.807, 2.05) is 25.1 Å². The summed E-state index contributed by atoms with van der Waals surface area (Å²) in [5.74, 6) is 6.43. The molecule has 2 N–H and O–H groups in total. The quantitative estimate of drug-likeness (QED) is 0.826. The summed E-state index contributed by atoms with van der Waals surface area (Å²) in [7, 11) is 1.67. The molecule has 0 aromatic heterocycles. The molecule has 1 heterocycles. The van der Waals surface area contributed by atoms with Crippen LogP contribution in [-0.4, -0.2) is 47.5 Å². The van der Waals surface area contributed by atoms with Crippen molar-refractivity contribution in [2.24, 2.45) is 0 Å². The van der Waals surface area contributed by atoms with Crippen LogP contribution in [0.3, 0.4) is 0 Å². The Kier molecular flexibility index (Phi) is 5.24. The molecule has 0 aliphatic carbocycles. The SMILES string of the molecule is COc1ccc(C#CCO)cc1CN1CCC(C)(O)CC1. The lowest BCUT2D eigenvalue weighted by Crippen LogP contribution is -2.42. The monoisotopic (exact) mass is 289 g/mol. The Morgan fingerprint density at radius 2 is 2.05 bits per heavy atom. The van der Waals surface area contributed by atoms with Crippen LogP contribution in [-0.2, 0) is 6.54 Å². The van der Waals surface area contributed by atoms with Gasteiger partial charge in [0.15, 0.2) is 0 Å². The van der Waals surface area contributed by atoms with E-state index >= 15 is 0 Å². The third kappa shape index (κ3) is 4.47. The first-order valence-corrected chi connectivity index (χ1v) is 7.25. The Balaban J connectivity index is 2.10. The van der Waals surface area contributed by atoms with Crippen LogP contribution in [0.15, 0.2) is 18.2 Å². The number of aliphatic hydroxyl groups excluding tert-OH is 1. The van der Waals surface area contributed by atoms with Gasteiger partial charge < -0.3 is 14.9 Å². The van der Waals surface area contributed by atoms with E-state index in [2.05, 4.69) is 16.7 Å². The number of methoxy groups -OCH3 is 1. The zero-order chi connectivity index (χ0) is 15.3. The summed E-state index contributed by atoms with van der Waals surface area (Å²) in [5, 5.41) is 18.8. The van der Waals surface area contributed by atoms with Crippen LogP contribution in [0.25, 0.3) is 0 Å². The highest BCUT2D eigenvalue weighted by Crippen LogP contribution is 2.26. The van der Waals surface area contributed by atoms with Gasteiger partial charge in [0.1, 0.15) is 12.4 Å². The first-order chi connectivity index (χ1) is 10.0. The minimum Gasteiger partial charge on any atom is -0.496 e. The molecule has 21 heavy (non-hydrogen) atoms. The van der Waals surface area contributed by atoms with Crippen molar-refractivity contribution in [3.05, 3.63) is 29.3 Å². The Morgan fingerprint density at radius 1 is 1.33 bits per heavy atom. The number of piperidine rings is 1. The summed E-state index contributed by atoms with van der Waals surface area (Å²) < 4.78 is 5.41. The molecule has 0 radical (unpaired) electrons. The molecule has 0 spiro atoms. The van der Waals surface area contributed by atoms with Crippen LogP contribution in [0.1, 0.15) is 30.9 Å². The van der Waals surface area contributed by atoms with Crippen molar-refractivity contribution in [3.63, 3.8) is 0 Å². The standard InChI is InChI=1S/C17H23NO3/c1-17(20)7-9-18(10-8-17)13-15-12-14(4-3-11-19)5-6-16(15)21-2/h5-6,12,19-20H,7-11,13H2,1-2H3. The molecule has 1 fully saturated rings. The predicted octanol–water partition coefficient (Wildman–Crippen LogP) is 1.39. The second-order valence-corrected chi connectivity index (χ2v) is 5.76. The molecule has 0 amide bonds. The molecular formula is C17H23NO3. The van der Waals surface area contributed by atoms with Crippen molar-refractivity contribution in [1.82, 2.24) is 4.90 Å². The molecule has 1 aliphatic heterocycles. The van der Waals surface area contributed by atoms with Crippen LogP contribution in [0.2, 0.25) is 0 Å².